The molecule has 98 valence electrons. The molecule has 4 nitrogen and oxygen atoms in total. The molecule has 0 fully saturated rings. The minimum absolute atomic E-state index is 0.856. The van der Waals surface area contributed by atoms with Crippen LogP contribution < -0.4 is 5.32 Å². The molecule has 0 bridgehead atoms. The van der Waals surface area contributed by atoms with E-state index in [0.29, 0.717) is 0 Å². The van der Waals surface area contributed by atoms with Gasteiger partial charge in [-0.1, -0.05) is 6.92 Å². The van der Waals surface area contributed by atoms with Gasteiger partial charge in [-0.25, -0.2) is 0 Å². The molecular weight excluding hydrogens is 214 g/mol. The van der Waals surface area contributed by atoms with Crippen LogP contribution in [0.4, 0.5) is 0 Å². The Morgan fingerprint density at radius 2 is 2.18 bits per heavy atom. The summed E-state index contributed by atoms with van der Waals surface area (Å²) in [5, 5.41) is 7.99. The summed E-state index contributed by atoms with van der Waals surface area (Å²) < 4.78 is 7.10. The fourth-order valence-corrected chi connectivity index (χ4v) is 1.82. The van der Waals surface area contributed by atoms with Crippen molar-refractivity contribution in [2.24, 2.45) is 0 Å². The molecule has 0 aliphatic heterocycles. The third-order valence-corrected chi connectivity index (χ3v) is 2.83. The highest BCUT2D eigenvalue weighted by atomic mass is 16.5. The Morgan fingerprint density at radius 1 is 1.35 bits per heavy atom. The van der Waals surface area contributed by atoms with Gasteiger partial charge in [0.1, 0.15) is 0 Å². The van der Waals surface area contributed by atoms with Crippen molar-refractivity contribution in [3.8, 4) is 0 Å². The van der Waals surface area contributed by atoms with Crippen molar-refractivity contribution in [3.05, 3.63) is 17.5 Å². The number of ether oxygens (including phenoxy) is 1. The number of hydrogen-bond donors (Lipinski definition) is 1. The van der Waals surface area contributed by atoms with Crippen molar-refractivity contribution in [1.82, 2.24) is 15.1 Å². The Labute approximate surface area is 104 Å². The fraction of sp³-hybridized carbons (Fsp3) is 0.769. The molecule has 17 heavy (non-hydrogen) atoms. The maximum atomic E-state index is 5.02. The van der Waals surface area contributed by atoms with Crippen molar-refractivity contribution >= 4 is 0 Å². The van der Waals surface area contributed by atoms with Gasteiger partial charge in [-0.15, -0.1) is 0 Å². The summed E-state index contributed by atoms with van der Waals surface area (Å²) in [4.78, 5) is 0. The molecule has 0 unspecified atom stereocenters. The van der Waals surface area contributed by atoms with E-state index in [9.17, 15) is 0 Å². The van der Waals surface area contributed by atoms with E-state index in [1.165, 1.54) is 11.4 Å². The van der Waals surface area contributed by atoms with Crippen LogP contribution in [0.5, 0.6) is 0 Å². The molecule has 0 atom stereocenters. The van der Waals surface area contributed by atoms with Crippen LogP contribution in [-0.2, 0) is 24.2 Å². The van der Waals surface area contributed by atoms with Gasteiger partial charge in [-0.3, -0.25) is 4.68 Å². The number of nitrogens with one attached hydrogen (secondary N) is 1. The van der Waals surface area contributed by atoms with Gasteiger partial charge in [0.2, 0.25) is 0 Å². The highest BCUT2D eigenvalue weighted by Crippen LogP contribution is 2.05. The number of aromatic nitrogens is 2. The van der Waals surface area contributed by atoms with Gasteiger partial charge in [0.05, 0.1) is 11.4 Å². The van der Waals surface area contributed by atoms with Gasteiger partial charge < -0.3 is 10.1 Å². The van der Waals surface area contributed by atoms with Crippen LogP contribution >= 0.6 is 0 Å². The summed E-state index contributed by atoms with van der Waals surface area (Å²) >= 11 is 0. The zero-order valence-corrected chi connectivity index (χ0v) is 11.3. The lowest BCUT2D eigenvalue weighted by atomic mass is 10.3. The first-order valence-corrected chi connectivity index (χ1v) is 6.57. The number of methoxy groups -OCH3 is 1. The lowest BCUT2D eigenvalue weighted by Crippen LogP contribution is -2.18. The quantitative estimate of drug-likeness (QED) is 0.670. The van der Waals surface area contributed by atoms with E-state index in [1.807, 2.05) is 0 Å². The monoisotopic (exact) mass is 239 g/mol. The van der Waals surface area contributed by atoms with E-state index < -0.39 is 0 Å². The lowest BCUT2D eigenvalue weighted by molar-refractivity contribution is 0.192. The largest absolute Gasteiger partial charge is 0.385 e. The van der Waals surface area contributed by atoms with E-state index in [4.69, 9.17) is 4.74 Å². The molecule has 1 heterocycles. The Bertz CT molecular complexity index is 310. The number of rotatable bonds is 9. The van der Waals surface area contributed by atoms with Crippen LogP contribution in [0.15, 0.2) is 6.07 Å². The molecule has 1 rings (SSSR count). The molecule has 0 spiro atoms. The number of nitrogens with zero attached hydrogens (tertiary/aromatic N) is 2. The molecule has 0 saturated heterocycles. The van der Waals surface area contributed by atoms with Gasteiger partial charge in [-0.05, 0) is 38.8 Å². The molecule has 0 amide bonds. The summed E-state index contributed by atoms with van der Waals surface area (Å²) in [5.74, 6) is 0. The lowest BCUT2D eigenvalue weighted by Gasteiger charge is -2.06. The smallest absolute Gasteiger partial charge is 0.0625 e. The summed E-state index contributed by atoms with van der Waals surface area (Å²) in [6.45, 7) is 8.03. The van der Waals surface area contributed by atoms with Crippen LogP contribution in [0, 0.1) is 0 Å². The standard InChI is InChI=1S/C13H25N3O/c1-4-12-10-13(16(5-2)15-12)11-14-8-6-7-9-17-3/h10,14H,4-9,11H2,1-3H3. The number of aryl methyl sites for hydroxylation is 2. The van der Waals surface area contributed by atoms with E-state index in [1.54, 1.807) is 7.11 Å². The first kappa shape index (κ1) is 14.2. The summed E-state index contributed by atoms with van der Waals surface area (Å²) in [5.41, 5.74) is 2.47. The Hall–Kier alpha value is -0.870. The SMILES string of the molecule is CCc1cc(CNCCCCOC)n(CC)n1. The second-order valence-corrected chi connectivity index (χ2v) is 4.17. The third-order valence-electron chi connectivity index (χ3n) is 2.83. The first-order chi connectivity index (χ1) is 8.31. The minimum atomic E-state index is 0.856. The predicted molar refractivity (Wildman–Crippen MR) is 70.1 cm³/mol. The maximum absolute atomic E-state index is 5.02. The van der Waals surface area contributed by atoms with Crippen LogP contribution in [0.1, 0.15) is 38.1 Å². The van der Waals surface area contributed by atoms with Crippen molar-refractivity contribution < 1.29 is 4.74 Å². The molecule has 1 N–H and O–H groups in total. The molecular formula is C13H25N3O. The zero-order valence-electron chi connectivity index (χ0n) is 11.3. The first-order valence-electron chi connectivity index (χ1n) is 6.57. The second-order valence-electron chi connectivity index (χ2n) is 4.17. The van der Waals surface area contributed by atoms with Gasteiger partial charge >= 0.3 is 0 Å². The highest BCUT2D eigenvalue weighted by Gasteiger charge is 2.04. The number of hydrogen-bond acceptors (Lipinski definition) is 3. The number of unbranched alkanes of at least 4 members (excludes halogenated alkanes) is 1. The zero-order chi connectivity index (χ0) is 12.5. The van der Waals surface area contributed by atoms with Crippen molar-refractivity contribution in [2.75, 3.05) is 20.3 Å². The van der Waals surface area contributed by atoms with Gasteiger partial charge in [-0.2, -0.15) is 5.10 Å². The second kappa shape index (κ2) is 8.25. The van der Waals surface area contributed by atoms with Crippen molar-refractivity contribution in [3.63, 3.8) is 0 Å². The van der Waals surface area contributed by atoms with Crippen LogP contribution in [-0.4, -0.2) is 30.0 Å². The molecule has 1 aromatic heterocycles. The van der Waals surface area contributed by atoms with E-state index >= 15 is 0 Å². The topological polar surface area (TPSA) is 39.1 Å². The van der Waals surface area contributed by atoms with Crippen LogP contribution in [0.3, 0.4) is 0 Å². The molecule has 0 radical (unpaired) electrons. The molecule has 0 aliphatic rings. The van der Waals surface area contributed by atoms with Gasteiger partial charge in [0.25, 0.3) is 0 Å². The van der Waals surface area contributed by atoms with E-state index in [0.717, 1.165) is 45.5 Å². The average Bonchev–Trinajstić information content (AvgIpc) is 2.76. The van der Waals surface area contributed by atoms with Crippen LogP contribution in [0.25, 0.3) is 0 Å². The van der Waals surface area contributed by atoms with Gasteiger partial charge in [0.15, 0.2) is 0 Å². The summed E-state index contributed by atoms with van der Waals surface area (Å²) in [6, 6.07) is 2.20. The summed E-state index contributed by atoms with van der Waals surface area (Å²) in [7, 11) is 1.75. The Kier molecular flexibility index (Phi) is 6.89. The summed E-state index contributed by atoms with van der Waals surface area (Å²) in [6.07, 6.45) is 3.29. The van der Waals surface area contributed by atoms with E-state index in [2.05, 4.69) is 35.0 Å². The highest BCUT2D eigenvalue weighted by molar-refractivity contribution is 5.10. The van der Waals surface area contributed by atoms with Crippen molar-refractivity contribution in [1.29, 1.82) is 0 Å². The third kappa shape index (κ3) is 4.88. The normalized spacial score (nSPS) is 11.0. The Balaban J connectivity index is 2.28. The van der Waals surface area contributed by atoms with E-state index in [-0.39, 0.29) is 0 Å². The minimum Gasteiger partial charge on any atom is -0.385 e. The predicted octanol–water partition coefficient (Wildman–Crippen LogP) is 1.98. The molecule has 0 aromatic carbocycles. The maximum Gasteiger partial charge on any atom is 0.0625 e. The Morgan fingerprint density at radius 3 is 2.82 bits per heavy atom. The molecule has 1 aromatic rings. The molecule has 0 saturated carbocycles. The fourth-order valence-electron chi connectivity index (χ4n) is 1.82. The molecule has 0 aliphatic carbocycles. The average molecular weight is 239 g/mol. The van der Waals surface area contributed by atoms with Crippen LogP contribution in [0.2, 0.25) is 0 Å². The van der Waals surface area contributed by atoms with Gasteiger partial charge in [0, 0.05) is 26.8 Å². The molecule has 4 heteroatoms. The van der Waals surface area contributed by atoms with Crippen molar-refractivity contribution in [2.45, 2.75) is 46.2 Å².